The molecule has 1 saturated carbocycles. The number of aromatic nitrogens is 2. The van der Waals surface area contributed by atoms with E-state index in [1.54, 1.807) is 10.9 Å². The lowest BCUT2D eigenvalue weighted by atomic mass is 9.82. The maximum Gasteiger partial charge on any atom is 0.242 e. The number of ether oxygens (including phenoxy) is 1. The molecule has 2 fully saturated rings. The fourth-order valence-corrected chi connectivity index (χ4v) is 4.04. The Morgan fingerprint density at radius 2 is 2.13 bits per heavy atom. The van der Waals surface area contributed by atoms with Gasteiger partial charge in [0.25, 0.3) is 0 Å². The predicted octanol–water partition coefficient (Wildman–Crippen LogP) is 2.64. The van der Waals surface area contributed by atoms with Crippen molar-refractivity contribution in [3.8, 4) is 0 Å². The van der Waals surface area contributed by atoms with Gasteiger partial charge in [-0.05, 0) is 25.3 Å². The van der Waals surface area contributed by atoms with Crippen LogP contribution in [0.5, 0.6) is 0 Å². The van der Waals surface area contributed by atoms with Crippen LogP contribution in [0.25, 0.3) is 10.9 Å². The van der Waals surface area contributed by atoms with Crippen LogP contribution in [-0.2, 0) is 16.1 Å². The number of nitrogens with zero attached hydrogens (tertiary/aromatic N) is 2. The quantitative estimate of drug-likeness (QED) is 0.948. The third kappa shape index (κ3) is 2.98. The lowest BCUT2D eigenvalue weighted by molar-refractivity contribution is -0.122. The van der Waals surface area contributed by atoms with Crippen molar-refractivity contribution < 1.29 is 9.53 Å². The summed E-state index contributed by atoms with van der Waals surface area (Å²) in [5.41, 5.74) is 1.03. The number of carbonyl (C=O) groups is 1. The summed E-state index contributed by atoms with van der Waals surface area (Å²) in [5, 5.41) is 8.51. The molecule has 1 spiro atoms. The van der Waals surface area contributed by atoms with Gasteiger partial charge in [0.2, 0.25) is 5.91 Å². The van der Waals surface area contributed by atoms with E-state index in [9.17, 15) is 4.79 Å². The van der Waals surface area contributed by atoms with Gasteiger partial charge in [-0.2, -0.15) is 5.10 Å². The van der Waals surface area contributed by atoms with Crippen LogP contribution in [0.1, 0.15) is 38.5 Å². The van der Waals surface area contributed by atoms with E-state index in [-0.39, 0.29) is 24.1 Å². The first-order valence-corrected chi connectivity index (χ1v) is 8.58. The lowest BCUT2D eigenvalue weighted by Crippen LogP contribution is -2.39. The first-order valence-electron chi connectivity index (χ1n) is 8.58. The van der Waals surface area contributed by atoms with Crippen molar-refractivity contribution in [2.75, 3.05) is 6.61 Å². The number of rotatable bonds is 3. The zero-order chi connectivity index (χ0) is 15.7. The average molecular weight is 313 g/mol. The van der Waals surface area contributed by atoms with Crippen molar-refractivity contribution in [1.29, 1.82) is 0 Å². The van der Waals surface area contributed by atoms with Crippen molar-refractivity contribution in [1.82, 2.24) is 15.1 Å². The molecular formula is C18H23N3O2. The van der Waals surface area contributed by atoms with Crippen LogP contribution in [0.15, 0.2) is 30.5 Å². The highest BCUT2D eigenvalue weighted by molar-refractivity contribution is 5.82. The lowest BCUT2D eigenvalue weighted by Gasteiger charge is -2.32. The van der Waals surface area contributed by atoms with Gasteiger partial charge in [-0.25, -0.2) is 0 Å². The van der Waals surface area contributed by atoms with Gasteiger partial charge in [0.15, 0.2) is 0 Å². The van der Waals surface area contributed by atoms with Gasteiger partial charge in [0.05, 0.1) is 30.0 Å². The second-order valence-corrected chi connectivity index (χ2v) is 6.88. The summed E-state index contributed by atoms with van der Waals surface area (Å²) in [4.78, 5) is 12.4. The first-order chi connectivity index (χ1) is 11.2. The van der Waals surface area contributed by atoms with Crippen molar-refractivity contribution in [2.24, 2.45) is 0 Å². The summed E-state index contributed by atoms with van der Waals surface area (Å²) in [5.74, 6) is 0.0142. The molecule has 2 aromatic rings. The van der Waals surface area contributed by atoms with Gasteiger partial charge >= 0.3 is 0 Å². The van der Waals surface area contributed by atoms with Crippen LogP contribution in [0.4, 0.5) is 0 Å². The number of hydrogen-bond donors (Lipinski definition) is 1. The Morgan fingerprint density at radius 1 is 1.30 bits per heavy atom. The molecule has 1 amide bonds. The molecule has 0 radical (unpaired) electrons. The van der Waals surface area contributed by atoms with Gasteiger partial charge in [-0.15, -0.1) is 0 Å². The molecule has 5 heteroatoms. The van der Waals surface area contributed by atoms with Crippen LogP contribution < -0.4 is 5.32 Å². The summed E-state index contributed by atoms with van der Waals surface area (Å²) < 4.78 is 7.82. The molecule has 2 heterocycles. The first kappa shape index (κ1) is 14.7. The smallest absolute Gasteiger partial charge is 0.242 e. The predicted molar refractivity (Wildman–Crippen MR) is 88.0 cm³/mol. The SMILES string of the molecule is O=C(Cn1ncc2ccccc21)N[C@@H]1COC2(CCCCC2)C1. The Morgan fingerprint density at radius 3 is 3.00 bits per heavy atom. The third-order valence-corrected chi connectivity index (χ3v) is 5.18. The van der Waals surface area contributed by atoms with E-state index in [0.717, 1.165) is 30.2 Å². The van der Waals surface area contributed by atoms with Gasteiger partial charge in [0, 0.05) is 5.39 Å². The summed E-state index contributed by atoms with van der Waals surface area (Å²) in [6.07, 6.45) is 8.86. The topological polar surface area (TPSA) is 56.2 Å². The molecule has 0 bridgehead atoms. The van der Waals surface area contributed by atoms with Crippen LogP contribution in [0.2, 0.25) is 0 Å². The van der Waals surface area contributed by atoms with Crippen molar-refractivity contribution in [3.05, 3.63) is 30.5 Å². The number of nitrogens with one attached hydrogen (secondary N) is 1. The maximum absolute atomic E-state index is 12.4. The van der Waals surface area contributed by atoms with Crippen molar-refractivity contribution in [3.63, 3.8) is 0 Å². The largest absolute Gasteiger partial charge is 0.373 e. The number of para-hydroxylation sites is 1. The summed E-state index contributed by atoms with van der Waals surface area (Å²) >= 11 is 0. The average Bonchev–Trinajstić information content (AvgIpc) is 3.13. The van der Waals surface area contributed by atoms with E-state index in [4.69, 9.17) is 4.74 Å². The summed E-state index contributed by atoms with van der Waals surface area (Å²) in [6.45, 7) is 0.905. The number of fused-ring (bicyclic) bond motifs is 1. The standard InChI is InChI=1S/C18H23N3O2/c22-17(12-21-16-7-3-2-6-14(16)11-19-21)20-15-10-18(23-13-15)8-4-1-5-9-18/h2-3,6-7,11,15H,1,4-5,8-10,12-13H2,(H,20,22)/t15-/m0/s1. The van der Waals surface area contributed by atoms with Gasteiger partial charge < -0.3 is 10.1 Å². The van der Waals surface area contributed by atoms with E-state index in [1.807, 2.05) is 24.3 Å². The normalized spacial score (nSPS) is 23.4. The van der Waals surface area contributed by atoms with Crippen LogP contribution in [-0.4, -0.2) is 33.9 Å². The highest BCUT2D eigenvalue weighted by atomic mass is 16.5. The molecule has 1 atom stereocenters. The second kappa shape index (κ2) is 5.96. The van der Waals surface area contributed by atoms with Gasteiger partial charge in [0.1, 0.15) is 6.54 Å². The number of carbonyl (C=O) groups excluding carboxylic acids is 1. The second-order valence-electron chi connectivity index (χ2n) is 6.88. The van der Waals surface area contributed by atoms with E-state index in [2.05, 4.69) is 10.4 Å². The Balaban J connectivity index is 1.37. The summed E-state index contributed by atoms with van der Waals surface area (Å²) in [6, 6.07) is 8.09. The number of amides is 1. The Kier molecular flexibility index (Phi) is 3.81. The van der Waals surface area contributed by atoms with Crippen molar-refractivity contribution >= 4 is 16.8 Å². The molecule has 1 saturated heterocycles. The maximum atomic E-state index is 12.4. The van der Waals surface area contributed by atoms with Crippen LogP contribution >= 0.6 is 0 Å². The molecule has 1 N–H and O–H groups in total. The fraction of sp³-hybridized carbons (Fsp3) is 0.556. The van der Waals surface area contributed by atoms with Gasteiger partial charge in [-0.3, -0.25) is 9.48 Å². The molecule has 1 aliphatic carbocycles. The van der Waals surface area contributed by atoms with E-state index in [1.165, 1.54) is 19.3 Å². The third-order valence-electron chi connectivity index (χ3n) is 5.18. The Labute approximate surface area is 136 Å². The van der Waals surface area contributed by atoms with Gasteiger partial charge in [-0.1, -0.05) is 37.5 Å². The zero-order valence-corrected chi connectivity index (χ0v) is 13.3. The fourth-order valence-electron chi connectivity index (χ4n) is 4.04. The van der Waals surface area contributed by atoms with E-state index < -0.39 is 0 Å². The minimum atomic E-state index is 0.0142. The molecular weight excluding hydrogens is 290 g/mol. The van der Waals surface area contributed by atoms with E-state index in [0.29, 0.717) is 6.61 Å². The number of hydrogen-bond acceptors (Lipinski definition) is 3. The number of benzene rings is 1. The van der Waals surface area contributed by atoms with Crippen LogP contribution in [0, 0.1) is 0 Å². The molecule has 1 aromatic carbocycles. The molecule has 23 heavy (non-hydrogen) atoms. The van der Waals surface area contributed by atoms with Crippen LogP contribution in [0.3, 0.4) is 0 Å². The molecule has 0 unspecified atom stereocenters. The Hall–Kier alpha value is -1.88. The summed E-state index contributed by atoms with van der Waals surface area (Å²) in [7, 11) is 0. The molecule has 1 aromatic heterocycles. The minimum Gasteiger partial charge on any atom is -0.373 e. The highest BCUT2D eigenvalue weighted by Crippen LogP contribution is 2.39. The minimum absolute atomic E-state index is 0.0142. The van der Waals surface area contributed by atoms with E-state index >= 15 is 0 Å². The monoisotopic (exact) mass is 313 g/mol. The highest BCUT2D eigenvalue weighted by Gasteiger charge is 2.41. The van der Waals surface area contributed by atoms with Crippen molar-refractivity contribution in [2.45, 2.75) is 56.7 Å². The molecule has 5 nitrogen and oxygen atoms in total. The molecule has 4 rings (SSSR count). The zero-order valence-electron chi connectivity index (χ0n) is 13.3. The Bertz CT molecular complexity index is 703. The molecule has 2 aliphatic rings. The molecule has 1 aliphatic heterocycles. The molecule has 122 valence electrons.